The summed E-state index contributed by atoms with van der Waals surface area (Å²) >= 11 is 0. The molecule has 2 aromatic rings. The van der Waals surface area contributed by atoms with Crippen molar-refractivity contribution in [1.82, 2.24) is 19.7 Å². The summed E-state index contributed by atoms with van der Waals surface area (Å²) in [7, 11) is 1.49. The number of methoxy groups -OCH3 is 1. The van der Waals surface area contributed by atoms with Gasteiger partial charge in [0.1, 0.15) is 6.61 Å². The maximum atomic E-state index is 13.1. The van der Waals surface area contributed by atoms with Crippen LogP contribution in [0.5, 0.6) is 11.5 Å². The highest BCUT2D eigenvalue weighted by Gasteiger charge is 2.53. The van der Waals surface area contributed by atoms with Gasteiger partial charge < -0.3 is 33.9 Å². The van der Waals surface area contributed by atoms with Crippen molar-refractivity contribution >= 4 is 17.7 Å². The number of carbonyl (C=O) groups excluding carboxylic acids is 3. The molecule has 1 aromatic carbocycles. The summed E-state index contributed by atoms with van der Waals surface area (Å²) < 4.78 is 18.9. The molecule has 4 aliphatic rings. The largest absolute Gasteiger partial charge is 0.490 e. The Bertz CT molecular complexity index is 1290. The number of benzene rings is 1. The number of hydrogen-bond acceptors (Lipinski definition) is 7. The zero-order chi connectivity index (χ0) is 27.4. The van der Waals surface area contributed by atoms with E-state index in [-0.39, 0.29) is 55.3 Å². The predicted octanol–water partition coefficient (Wildman–Crippen LogP) is 0.617. The standard InChI is InChI=1S/C28H34N4O7/c1-37-16-26(36)32-14-21-20-6-4-7-22-27(20)39-19-28(21,18-32)17-29-23(33)15-31(11-5-13-38-22)25(35)9-12-30-10-3-2-8-24(30)34/h2-4,6-8,10,21H,5,9,11-19H2,1H3,(H,29,33)/t21-,28+/m0/s1. The average Bonchev–Trinajstić information content (AvgIpc) is 3.33. The van der Waals surface area contributed by atoms with Crippen molar-refractivity contribution in [3.8, 4) is 11.5 Å². The minimum Gasteiger partial charge on any atom is -0.490 e. The van der Waals surface area contributed by atoms with Crippen LogP contribution in [0, 0.1) is 5.41 Å². The summed E-state index contributed by atoms with van der Waals surface area (Å²) in [5.74, 6) is 0.631. The molecule has 39 heavy (non-hydrogen) atoms. The molecule has 1 N–H and O–H groups in total. The number of hydrogen-bond donors (Lipinski definition) is 1. The maximum absolute atomic E-state index is 13.1. The number of fused-ring (bicyclic) bond motifs is 9. The zero-order valence-electron chi connectivity index (χ0n) is 22.1. The molecule has 0 unspecified atom stereocenters. The first-order valence-corrected chi connectivity index (χ1v) is 13.3. The fraction of sp³-hybridized carbons (Fsp3) is 0.500. The molecule has 0 aliphatic carbocycles. The number of pyridine rings is 1. The Hall–Kier alpha value is -3.86. The first-order chi connectivity index (χ1) is 18.9. The number of amides is 3. The van der Waals surface area contributed by atoms with Crippen molar-refractivity contribution in [3.63, 3.8) is 0 Å². The van der Waals surface area contributed by atoms with Gasteiger partial charge >= 0.3 is 0 Å². The van der Waals surface area contributed by atoms with Crippen LogP contribution in [-0.4, -0.2) is 91.7 Å². The Balaban J connectivity index is 1.36. The van der Waals surface area contributed by atoms with Gasteiger partial charge in [-0.25, -0.2) is 0 Å². The van der Waals surface area contributed by atoms with Crippen LogP contribution in [-0.2, 0) is 25.7 Å². The van der Waals surface area contributed by atoms with Gasteiger partial charge in [0.05, 0.1) is 19.8 Å². The van der Waals surface area contributed by atoms with Crippen molar-refractivity contribution in [1.29, 1.82) is 0 Å². The van der Waals surface area contributed by atoms with Gasteiger partial charge in [-0.15, -0.1) is 0 Å². The van der Waals surface area contributed by atoms with Gasteiger partial charge in [0.15, 0.2) is 11.5 Å². The number of nitrogens with one attached hydrogen (secondary N) is 1. The van der Waals surface area contributed by atoms with Gasteiger partial charge in [-0.1, -0.05) is 18.2 Å². The Morgan fingerprint density at radius 1 is 1.10 bits per heavy atom. The van der Waals surface area contributed by atoms with E-state index in [0.717, 1.165) is 5.56 Å². The topological polar surface area (TPSA) is 119 Å². The monoisotopic (exact) mass is 538 g/mol. The first-order valence-electron chi connectivity index (χ1n) is 13.3. The summed E-state index contributed by atoms with van der Waals surface area (Å²) in [6.45, 7) is 2.29. The number of rotatable bonds is 5. The Morgan fingerprint density at radius 3 is 2.79 bits per heavy atom. The minimum atomic E-state index is -0.530. The highest BCUT2D eigenvalue weighted by molar-refractivity contribution is 5.85. The van der Waals surface area contributed by atoms with Gasteiger partial charge in [0.2, 0.25) is 17.7 Å². The van der Waals surface area contributed by atoms with E-state index in [4.69, 9.17) is 14.2 Å². The second-order valence-corrected chi connectivity index (χ2v) is 10.4. The van der Waals surface area contributed by atoms with Crippen molar-refractivity contribution in [2.24, 2.45) is 5.41 Å². The summed E-state index contributed by atoms with van der Waals surface area (Å²) in [5, 5.41) is 3.03. The molecule has 1 spiro atoms. The third-order valence-corrected chi connectivity index (χ3v) is 7.78. The SMILES string of the molecule is COCC(=O)N1C[C@H]2c3cccc4c3OC[C@@]2(CNC(=O)CN(C(=O)CCn2ccccc2=O)CCCO4)C1. The zero-order valence-corrected chi connectivity index (χ0v) is 22.1. The smallest absolute Gasteiger partial charge is 0.250 e. The lowest BCUT2D eigenvalue weighted by molar-refractivity contribution is -0.136. The van der Waals surface area contributed by atoms with Crippen molar-refractivity contribution in [3.05, 3.63) is 58.5 Å². The van der Waals surface area contributed by atoms with Gasteiger partial charge in [-0.05, 0) is 18.6 Å². The molecule has 1 fully saturated rings. The number of nitrogens with zero attached hydrogens (tertiary/aromatic N) is 3. The molecule has 1 saturated heterocycles. The molecular formula is C28H34N4O7. The maximum Gasteiger partial charge on any atom is 0.250 e. The highest BCUT2D eigenvalue weighted by Crippen LogP contribution is 2.52. The Kier molecular flexibility index (Phi) is 7.87. The van der Waals surface area contributed by atoms with Gasteiger partial charge in [0, 0.05) is 75.4 Å². The number of ether oxygens (including phenoxy) is 3. The predicted molar refractivity (Wildman–Crippen MR) is 141 cm³/mol. The average molecular weight is 539 g/mol. The molecule has 5 heterocycles. The third-order valence-electron chi connectivity index (χ3n) is 7.78. The molecule has 11 heteroatoms. The lowest BCUT2D eigenvalue weighted by Crippen LogP contribution is -2.50. The van der Waals surface area contributed by atoms with Crippen LogP contribution in [0.2, 0.25) is 0 Å². The van der Waals surface area contributed by atoms with Gasteiger partial charge in [0.25, 0.3) is 5.56 Å². The summed E-state index contributed by atoms with van der Waals surface area (Å²) in [5.41, 5.74) is 0.255. The van der Waals surface area contributed by atoms with E-state index in [0.29, 0.717) is 57.3 Å². The van der Waals surface area contributed by atoms with Crippen LogP contribution in [0.25, 0.3) is 0 Å². The number of para-hydroxylation sites is 1. The molecule has 11 nitrogen and oxygen atoms in total. The molecule has 208 valence electrons. The van der Waals surface area contributed by atoms with E-state index in [9.17, 15) is 19.2 Å². The summed E-state index contributed by atoms with van der Waals surface area (Å²) in [6.07, 6.45) is 2.25. The van der Waals surface area contributed by atoms with Crippen LogP contribution in [0.4, 0.5) is 0 Å². The van der Waals surface area contributed by atoms with Crippen LogP contribution >= 0.6 is 0 Å². The van der Waals surface area contributed by atoms with Crippen LogP contribution < -0.4 is 20.3 Å². The lowest BCUT2D eigenvalue weighted by atomic mass is 9.73. The van der Waals surface area contributed by atoms with Crippen molar-refractivity contribution < 1.29 is 28.6 Å². The Morgan fingerprint density at radius 2 is 1.97 bits per heavy atom. The van der Waals surface area contributed by atoms with E-state index in [1.165, 1.54) is 22.6 Å². The van der Waals surface area contributed by atoms with E-state index >= 15 is 0 Å². The number of likely N-dealkylation sites (tertiary alicyclic amines) is 1. The van der Waals surface area contributed by atoms with Crippen LogP contribution in [0.3, 0.4) is 0 Å². The minimum absolute atomic E-state index is 0.0157. The summed E-state index contributed by atoms with van der Waals surface area (Å²) in [4.78, 5) is 54.3. The number of aromatic nitrogens is 1. The van der Waals surface area contributed by atoms with E-state index < -0.39 is 5.41 Å². The Labute approximate surface area is 226 Å². The van der Waals surface area contributed by atoms with Gasteiger partial charge in [-0.3, -0.25) is 19.2 Å². The molecule has 2 atom stereocenters. The fourth-order valence-corrected chi connectivity index (χ4v) is 5.72. The second-order valence-electron chi connectivity index (χ2n) is 10.4. The molecule has 1 aromatic heterocycles. The summed E-state index contributed by atoms with van der Waals surface area (Å²) in [6, 6.07) is 10.6. The second kappa shape index (κ2) is 11.5. The molecule has 3 amide bonds. The van der Waals surface area contributed by atoms with Crippen molar-refractivity contribution in [2.45, 2.75) is 25.3 Å². The molecule has 0 radical (unpaired) electrons. The molecule has 6 rings (SSSR count). The lowest BCUT2D eigenvalue weighted by Gasteiger charge is -2.40. The van der Waals surface area contributed by atoms with Crippen LogP contribution in [0.15, 0.2) is 47.4 Å². The molecule has 4 bridgehead atoms. The fourth-order valence-electron chi connectivity index (χ4n) is 5.72. The number of aryl methyl sites for hydroxylation is 1. The molecular weight excluding hydrogens is 504 g/mol. The van der Waals surface area contributed by atoms with Crippen LogP contribution in [0.1, 0.15) is 24.3 Å². The van der Waals surface area contributed by atoms with E-state index in [1.807, 2.05) is 18.2 Å². The molecule has 4 aliphatic heterocycles. The first kappa shape index (κ1) is 26.7. The third kappa shape index (κ3) is 5.63. The number of carbonyl (C=O) groups is 3. The van der Waals surface area contributed by atoms with E-state index in [2.05, 4.69) is 5.32 Å². The van der Waals surface area contributed by atoms with Crippen molar-refractivity contribution in [2.75, 3.05) is 59.7 Å². The quantitative estimate of drug-likeness (QED) is 0.593. The van der Waals surface area contributed by atoms with Gasteiger partial charge in [-0.2, -0.15) is 0 Å². The normalized spacial score (nSPS) is 22.8. The van der Waals surface area contributed by atoms with E-state index in [1.54, 1.807) is 23.2 Å². The molecule has 0 saturated carbocycles. The highest BCUT2D eigenvalue weighted by atomic mass is 16.5.